The highest BCUT2D eigenvalue weighted by atomic mass is 32.2. The zero-order valence-electron chi connectivity index (χ0n) is 19.7. The second kappa shape index (κ2) is 12.1. The maximum Gasteiger partial charge on any atom is 0.433 e. The molecule has 0 spiro atoms. The molecule has 2 aromatic rings. The average molecular weight is 524 g/mol. The zero-order chi connectivity index (χ0) is 26.3. The maximum absolute atomic E-state index is 13.0. The van der Waals surface area contributed by atoms with Crippen LogP contribution in [-0.4, -0.2) is 33.9 Å². The van der Waals surface area contributed by atoms with Crippen molar-refractivity contribution in [2.45, 2.75) is 38.8 Å². The van der Waals surface area contributed by atoms with Gasteiger partial charge in [-0.1, -0.05) is 25.0 Å². The van der Waals surface area contributed by atoms with Crippen LogP contribution in [0.5, 0.6) is 5.75 Å². The van der Waals surface area contributed by atoms with Crippen LogP contribution in [0.4, 0.5) is 24.7 Å². The lowest BCUT2D eigenvalue weighted by molar-refractivity contribution is -0.141. The van der Waals surface area contributed by atoms with Crippen molar-refractivity contribution in [3.63, 3.8) is 0 Å². The molecule has 0 radical (unpaired) electrons. The monoisotopic (exact) mass is 523 g/mol. The molecular formula is C24H28F3N5O3S. The minimum atomic E-state index is -4.65. The van der Waals surface area contributed by atoms with Gasteiger partial charge in [-0.3, -0.25) is 10.2 Å². The quantitative estimate of drug-likeness (QED) is 0.146. The Balaban J connectivity index is 1.87. The summed E-state index contributed by atoms with van der Waals surface area (Å²) in [6, 6.07) is 7.91. The summed E-state index contributed by atoms with van der Waals surface area (Å²) in [6.45, 7) is 2.23. The van der Waals surface area contributed by atoms with E-state index in [1.165, 1.54) is 6.07 Å². The first-order chi connectivity index (χ1) is 17.1. The molecule has 5 N–H and O–H groups in total. The average Bonchev–Trinajstić information content (AvgIpc) is 3.37. The summed E-state index contributed by atoms with van der Waals surface area (Å²) < 4.78 is 59.8. The number of aldehydes is 1. The van der Waals surface area contributed by atoms with Crippen LogP contribution in [0.1, 0.15) is 43.9 Å². The molecule has 1 fully saturated rings. The first kappa shape index (κ1) is 27.3. The topological polar surface area (TPSA) is 136 Å². The van der Waals surface area contributed by atoms with Crippen LogP contribution in [-0.2, 0) is 22.3 Å². The lowest BCUT2D eigenvalue weighted by Crippen LogP contribution is -2.20. The van der Waals surface area contributed by atoms with Gasteiger partial charge >= 0.3 is 6.18 Å². The number of nitrogens with zero attached hydrogens (tertiary/aromatic N) is 1. The number of alkyl halides is 3. The van der Waals surface area contributed by atoms with Crippen molar-refractivity contribution < 1.29 is 27.3 Å². The second-order valence-corrected chi connectivity index (χ2v) is 9.73. The number of rotatable bonds is 11. The van der Waals surface area contributed by atoms with Crippen molar-refractivity contribution >= 4 is 34.9 Å². The van der Waals surface area contributed by atoms with Gasteiger partial charge in [0, 0.05) is 5.56 Å². The second-order valence-electron chi connectivity index (χ2n) is 8.26. The number of hydrogen-bond donors (Lipinski definition) is 4. The molecule has 0 amide bonds. The first-order valence-corrected chi connectivity index (χ1v) is 12.7. The molecule has 194 valence electrons. The molecule has 0 aliphatic heterocycles. The molecule has 1 atom stereocenters. The Morgan fingerprint density at radius 1 is 1.31 bits per heavy atom. The molecule has 1 heterocycles. The van der Waals surface area contributed by atoms with Gasteiger partial charge < -0.3 is 20.3 Å². The lowest BCUT2D eigenvalue weighted by Gasteiger charge is -2.18. The third kappa shape index (κ3) is 7.14. The van der Waals surface area contributed by atoms with E-state index in [4.69, 9.17) is 15.9 Å². The standard InChI is InChI=1S/C24H28F3N5O3S/c1-2-36(34)32-18-11-10-16(12-19(18)35-14-15-6-3-4-7-15)22(28)17(13-33)23(29)31-21-9-5-8-20(30-21)24(25,26)27/h5,8-13,15,28,32H,2-4,6-7,14,29H2,1H3,(H,30,31)/b23-17+,28-22?. The number of carbonyl (C=O) groups excluding carboxylic acids is 1. The van der Waals surface area contributed by atoms with E-state index >= 15 is 0 Å². The van der Waals surface area contributed by atoms with E-state index in [-0.39, 0.29) is 28.5 Å². The predicted molar refractivity (Wildman–Crippen MR) is 133 cm³/mol. The number of aromatic nitrogens is 1. The maximum atomic E-state index is 13.0. The van der Waals surface area contributed by atoms with Crippen molar-refractivity contribution in [2.75, 3.05) is 22.4 Å². The Morgan fingerprint density at radius 2 is 2.03 bits per heavy atom. The molecular weight excluding hydrogens is 495 g/mol. The van der Waals surface area contributed by atoms with E-state index in [1.807, 2.05) is 0 Å². The number of ether oxygens (including phenoxy) is 1. The van der Waals surface area contributed by atoms with Crippen molar-refractivity contribution in [1.29, 1.82) is 5.41 Å². The Kier molecular flexibility index (Phi) is 9.21. The van der Waals surface area contributed by atoms with Crippen LogP contribution in [0, 0.1) is 11.3 Å². The number of benzene rings is 1. The van der Waals surface area contributed by atoms with E-state index < -0.39 is 23.2 Å². The van der Waals surface area contributed by atoms with Crippen molar-refractivity contribution in [1.82, 2.24) is 4.98 Å². The highest BCUT2D eigenvalue weighted by Gasteiger charge is 2.32. The number of pyridine rings is 1. The van der Waals surface area contributed by atoms with Crippen LogP contribution < -0.4 is 20.5 Å². The summed E-state index contributed by atoms with van der Waals surface area (Å²) in [5.41, 5.74) is 5.05. The Labute approximate surface area is 210 Å². The van der Waals surface area contributed by atoms with Crippen molar-refractivity contribution in [2.24, 2.45) is 11.7 Å². The molecule has 0 saturated heterocycles. The third-order valence-electron chi connectivity index (χ3n) is 5.69. The fraction of sp³-hybridized carbons (Fsp3) is 0.375. The van der Waals surface area contributed by atoms with E-state index in [1.54, 1.807) is 25.1 Å². The van der Waals surface area contributed by atoms with E-state index in [9.17, 15) is 22.5 Å². The summed E-state index contributed by atoms with van der Waals surface area (Å²) in [7, 11) is 0. The van der Waals surface area contributed by atoms with Gasteiger partial charge in [-0.2, -0.15) is 13.2 Å². The molecule has 36 heavy (non-hydrogen) atoms. The molecule has 1 aliphatic carbocycles. The summed E-state index contributed by atoms with van der Waals surface area (Å²) >= 11 is -1.33. The molecule has 12 heteroatoms. The first-order valence-electron chi connectivity index (χ1n) is 11.4. The molecule has 1 aromatic heterocycles. The molecule has 0 bridgehead atoms. The molecule has 1 aliphatic rings. The summed E-state index contributed by atoms with van der Waals surface area (Å²) in [5, 5.41) is 11.0. The number of anilines is 2. The van der Waals surface area contributed by atoms with Gasteiger partial charge in [0.15, 0.2) is 6.29 Å². The Bertz CT molecular complexity index is 1120. The van der Waals surface area contributed by atoms with Crippen LogP contribution in [0.3, 0.4) is 0 Å². The zero-order valence-corrected chi connectivity index (χ0v) is 20.5. The number of hydrogen-bond acceptors (Lipinski definition) is 8. The van der Waals surface area contributed by atoms with Crippen molar-refractivity contribution in [3.05, 3.63) is 59.0 Å². The SMILES string of the molecule is CC[S+]([O-])Nc1ccc(C(=N)/C(C=O)=C(\N)Nc2cccc(C(F)(F)F)n2)cc1OCC1CCCC1. The van der Waals surface area contributed by atoms with E-state index in [0.717, 1.165) is 37.8 Å². The number of halogens is 3. The number of nitrogens with one attached hydrogen (secondary N) is 3. The van der Waals surface area contributed by atoms with Gasteiger partial charge in [0.05, 0.1) is 29.3 Å². The molecule has 1 aromatic carbocycles. The largest absolute Gasteiger partial charge is 0.593 e. The molecule has 3 rings (SSSR count). The third-order valence-corrected chi connectivity index (χ3v) is 6.66. The Hall–Kier alpha value is -3.25. The van der Waals surface area contributed by atoms with Gasteiger partial charge in [-0.15, -0.1) is 0 Å². The number of nitrogens with two attached hydrogens (primary N) is 1. The Morgan fingerprint density at radius 3 is 2.67 bits per heavy atom. The molecule has 1 saturated carbocycles. The van der Waals surface area contributed by atoms with Gasteiger partial charge in [0.25, 0.3) is 0 Å². The molecule has 1 unspecified atom stereocenters. The fourth-order valence-corrected chi connectivity index (χ4v) is 4.30. The van der Waals surface area contributed by atoms with E-state index in [0.29, 0.717) is 36.0 Å². The predicted octanol–water partition coefficient (Wildman–Crippen LogP) is 4.61. The summed E-state index contributed by atoms with van der Waals surface area (Å²) in [4.78, 5) is 15.3. The lowest BCUT2D eigenvalue weighted by atomic mass is 10.0. The van der Waals surface area contributed by atoms with E-state index in [2.05, 4.69) is 15.0 Å². The van der Waals surface area contributed by atoms with Crippen LogP contribution in [0.25, 0.3) is 0 Å². The summed E-state index contributed by atoms with van der Waals surface area (Å²) in [5.74, 6) is 0.607. The number of allylic oxidation sites excluding steroid dienone is 1. The van der Waals surface area contributed by atoms with Gasteiger partial charge in [-0.25, -0.2) is 9.71 Å². The van der Waals surface area contributed by atoms with Gasteiger partial charge in [0.2, 0.25) is 0 Å². The molecule has 8 nitrogen and oxygen atoms in total. The van der Waals surface area contributed by atoms with Gasteiger partial charge in [-0.05, 0) is 49.9 Å². The highest BCUT2D eigenvalue weighted by molar-refractivity contribution is 7.92. The van der Waals surface area contributed by atoms with Crippen molar-refractivity contribution in [3.8, 4) is 5.75 Å². The summed E-state index contributed by atoms with van der Waals surface area (Å²) in [6.07, 6.45) is 0.0956. The normalized spacial score (nSPS) is 15.7. The van der Waals surface area contributed by atoms with Crippen LogP contribution >= 0.6 is 0 Å². The highest BCUT2D eigenvalue weighted by Crippen LogP contribution is 2.32. The van der Waals surface area contributed by atoms with Crippen LogP contribution in [0.15, 0.2) is 47.8 Å². The fourth-order valence-electron chi connectivity index (χ4n) is 3.74. The number of carbonyl (C=O) groups is 1. The smallest absolute Gasteiger partial charge is 0.433 e. The van der Waals surface area contributed by atoms with Crippen LogP contribution in [0.2, 0.25) is 0 Å². The van der Waals surface area contributed by atoms with Gasteiger partial charge in [0.1, 0.15) is 34.5 Å². The minimum absolute atomic E-state index is 0.225. The minimum Gasteiger partial charge on any atom is -0.593 e.